The van der Waals surface area contributed by atoms with Gasteiger partial charge in [-0.25, -0.2) is 0 Å². The number of hydrogen-bond donors (Lipinski definition) is 2. The minimum atomic E-state index is -0.661. The van der Waals surface area contributed by atoms with E-state index in [9.17, 15) is 9.90 Å². The van der Waals surface area contributed by atoms with Crippen molar-refractivity contribution in [2.24, 2.45) is 0 Å². The van der Waals surface area contributed by atoms with Crippen LogP contribution >= 0.6 is 15.9 Å². The maximum Gasteiger partial charge on any atom is 0.220 e. The van der Waals surface area contributed by atoms with Gasteiger partial charge < -0.3 is 10.4 Å². The zero-order valence-electron chi connectivity index (χ0n) is 11.0. The Labute approximate surface area is 122 Å². The zero-order chi connectivity index (χ0) is 13.7. The summed E-state index contributed by atoms with van der Waals surface area (Å²) in [6.07, 6.45) is 4.92. The molecule has 1 fully saturated rings. The molecule has 0 atom stereocenters. The van der Waals surface area contributed by atoms with E-state index in [1.54, 1.807) is 0 Å². The largest absolute Gasteiger partial charge is 0.388 e. The molecule has 1 aromatic carbocycles. The SMILES string of the molecule is O=C(CCc1cccc(Br)c1)NCC1(O)CCCC1. The lowest BCUT2D eigenvalue weighted by molar-refractivity contribution is -0.122. The van der Waals surface area contributed by atoms with Crippen LogP contribution in [0.2, 0.25) is 0 Å². The zero-order valence-corrected chi connectivity index (χ0v) is 12.6. The van der Waals surface area contributed by atoms with E-state index in [1.807, 2.05) is 24.3 Å². The summed E-state index contributed by atoms with van der Waals surface area (Å²) in [7, 11) is 0. The smallest absolute Gasteiger partial charge is 0.220 e. The van der Waals surface area contributed by atoms with Crippen molar-refractivity contribution in [3.8, 4) is 0 Å². The molecule has 0 unspecified atom stereocenters. The van der Waals surface area contributed by atoms with Crippen molar-refractivity contribution >= 4 is 21.8 Å². The molecule has 104 valence electrons. The van der Waals surface area contributed by atoms with Gasteiger partial charge in [0.25, 0.3) is 0 Å². The molecule has 0 aliphatic heterocycles. The first-order valence-corrected chi connectivity index (χ1v) is 7.60. The van der Waals surface area contributed by atoms with Crippen LogP contribution in [0.5, 0.6) is 0 Å². The first-order chi connectivity index (χ1) is 9.07. The average molecular weight is 326 g/mol. The summed E-state index contributed by atoms with van der Waals surface area (Å²) in [5.74, 6) is 0.0142. The predicted octanol–water partition coefficient (Wildman–Crippen LogP) is 2.80. The molecule has 0 aromatic heterocycles. The Balaban J connectivity index is 1.73. The highest BCUT2D eigenvalue weighted by atomic mass is 79.9. The molecule has 0 bridgehead atoms. The summed E-state index contributed by atoms with van der Waals surface area (Å²) in [6, 6.07) is 7.98. The number of hydrogen-bond acceptors (Lipinski definition) is 2. The van der Waals surface area contributed by atoms with Gasteiger partial charge in [0.1, 0.15) is 0 Å². The third-order valence-electron chi connectivity index (χ3n) is 3.68. The van der Waals surface area contributed by atoms with E-state index in [-0.39, 0.29) is 5.91 Å². The standard InChI is InChI=1S/C15H20BrNO2/c16-13-5-3-4-12(10-13)6-7-14(18)17-11-15(19)8-1-2-9-15/h3-5,10,19H,1-2,6-9,11H2,(H,17,18). The number of aryl methyl sites for hydroxylation is 1. The topological polar surface area (TPSA) is 49.3 Å². The van der Waals surface area contributed by atoms with Crippen LogP contribution in [0.25, 0.3) is 0 Å². The first-order valence-electron chi connectivity index (χ1n) is 6.81. The molecule has 0 spiro atoms. The van der Waals surface area contributed by atoms with Gasteiger partial charge in [0, 0.05) is 17.4 Å². The van der Waals surface area contributed by atoms with Gasteiger partial charge in [-0.1, -0.05) is 40.9 Å². The minimum Gasteiger partial charge on any atom is -0.388 e. The van der Waals surface area contributed by atoms with Crippen molar-refractivity contribution in [2.75, 3.05) is 6.54 Å². The number of nitrogens with one attached hydrogen (secondary N) is 1. The molecule has 1 aromatic rings. The van der Waals surface area contributed by atoms with Crippen molar-refractivity contribution < 1.29 is 9.90 Å². The highest BCUT2D eigenvalue weighted by Crippen LogP contribution is 2.28. The second kappa shape index (κ2) is 6.53. The third-order valence-corrected chi connectivity index (χ3v) is 4.17. The van der Waals surface area contributed by atoms with Crippen LogP contribution in [-0.4, -0.2) is 23.2 Å². The van der Waals surface area contributed by atoms with E-state index < -0.39 is 5.60 Å². The Kier molecular flexibility index (Phi) is 4.99. The number of carbonyl (C=O) groups excluding carboxylic acids is 1. The second-order valence-corrected chi connectivity index (χ2v) is 6.25. The molecule has 2 rings (SSSR count). The molecule has 2 N–H and O–H groups in total. The molecule has 19 heavy (non-hydrogen) atoms. The summed E-state index contributed by atoms with van der Waals surface area (Å²) in [4.78, 5) is 11.8. The summed E-state index contributed by atoms with van der Waals surface area (Å²) in [5.41, 5.74) is 0.481. The second-order valence-electron chi connectivity index (χ2n) is 5.34. The van der Waals surface area contributed by atoms with Gasteiger partial charge >= 0.3 is 0 Å². The predicted molar refractivity (Wildman–Crippen MR) is 78.9 cm³/mol. The maximum absolute atomic E-state index is 11.8. The normalized spacial score (nSPS) is 17.4. The Bertz CT molecular complexity index is 442. The molecule has 1 saturated carbocycles. The van der Waals surface area contributed by atoms with Gasteiger partial charge in [-0.3, -0.25) is 4.79 Å². The fraction of sp³-hybridized carbons (Fsp3) is 0.533. The third kappa shape index (κ3) is 4.62. The lowest BCUT2D eigenvalue weighted by Gasteiger charge is -2.22. The van der Waals surface area contributed by atoms with Gasteiger partial charge in [-0.15, -0.1) is 0 Å². The van der Waals surface area contributed by atoms with E-state index in [0.29, 0.717) is 13.0 Å². The van der Waals surface area contributed by atoms with Crippen LogP contribution in [0.4, 0.5) is 0 Å². The van der Waals surface area contributed by atoms with Crippen molar-refractivity contribution in [2.45, 2.75) is 44.1 Å². The van der Waals surface area contributed by atoms with E-state index in [1.165, 1.54) is 0 Å². The van der Waals surface area contributed by atoms with Gasteiger partial charge in [-0.05, 0) is 37.0 Å². The Morgan fingerprint density at radius 3 is 2.79 bits per heavy atom. The fourth-order valence-electron chi connectivity index (χ4n) is 2.51. The van der Waals surface area contributed by atoms with Crippen LogP contribution in [-0.2, 0) is 11.2 Å². The summed E-state index contributed by atoms with van der Waals surface area (Å²) < 4.78 is 1.03. The first kappa shape index (κ1) is 14.5. The van der Waals surface area contributed by atoms with Crippen LogP contribution in [0.1, 0.15) is 37.7 Å². The highest BCUT2D eigenvalue weighted by molar-refractivity contribution is 9.10. The number of rotatable bonds is 5. The molecule has 1 amide bonds. The lowest BCUT2D eigenvalue weighted by Crippen LogP contribution is -2.40. The van der Waals surface area contributed by atoms with Gasteiger partial charge in [0.15, 0.2) is 0 Å². The molecular formula is C15H20BrNO2. The molecule has 0 heterocycles. The number of carbonyl (C=O) groups is 1. The fourth-order valence-corrected chi connectivity index (χ4v) is 2.96. The summed E-state index contributed by atoms with van der Waals surface area (Å²) >= 11 is 3.42. The molecular weight excluding hydrogens is 306 g/mol. The summed E-state index contributed by atoms with van der Waals surface area (Å²) in [6.45, 7) is 0.393. The van der Waals surface area contributed by atoms with E-state index >= 15 is 0 Å². The average Bonchev–Trinajstić information content (AvgIpc) is 2.82. The van der Waals surface area contributed by atoms with Crippen molar-refractivity contribution in [1.82, 2.24) is 5.32 Å². The Morgan fingerprint density at radius 1 is 1.37 bits per heavy atom. The van der Waals surface area contributed by atoms with Crippen molar-refractivity contribution in [3.63, 3.8) is 0 Å². The van der Waals surface area contributed by atoms with E-state index in [2.05, 4.69) is 21.2 Å². The van der Waals surface area contributed by atoms with Crippen LogP contribution in [0.15, 0.2) is 28.7 Å². The Morgan fingerprint density at radius 2 is 2.11 bits per heavy atom. The number of amides is 1. The van der Waals surface area contributed by atoms with E-state index in [0.717, 1.165) is 42.1 Å². The lowest BCUT2D eigenvalue weighted by atomic mass is 10.0. The monoisotopic (exact) mass is 325 g/mol. The Hall–Kier alpha value is -0.870. The molecule has 4 heteroatoms. The molecule has 0 radical (unpaired) electrons. The molecule has 1 aliphatic rings. The highest BCUT2D eigenvalue weighted by Gasteiger charge is 2.31. The molecule has 3 nitrogen and oxygen atoms in total. The van der Waals surface area contributed by atoms with Gasteiger partial charge in [-0.2, -0.15) is 0 Å². The molecule has 1 aliphatic carbocycles. The van der Waals surface area contributed by atoms with Crippen LogP contribution in [0.3, 0.4) is 0 Å². The van der Waals surface area contributed by atoms with Crippen LogP contribution in [0, 0.1) is 0 Å². The minimum absolute atomic E-state index is 0.0142. The summed E-state index contributed by atoms with van der Waals surface area (Å²) in [5, 5.41) is 13.0. The quantitative estimate of drug-likeness (QED) is 0.874. The number of halogens is 1. The van der Waals surface area contributed by atoms with Gasteiger partial charge in [0.2, 0.25) is 5.91 Å². The van der Waals surface area contributed by atoms with Gasteiger partial charge in [0.05, 0.1) is 5.60 Å². The number of aliphatic hydroxyl groups is 1. The molecule has 0 saturated heterocycles. The van der Waals surface area contributed by atoms with Crippen molar-refractivity contribution in [1.29, 1.82) is 0 Å². The van der Waals surface area contributed by atoms with Crippen LogP contribution < -0.4 is 5.32 Å². The van der Waals surface area contributed by atoms with Crippen molar-refractivity contribution in [3.05, 3.63) is 34.3 Å². The number of benzene rings is 1. The van der Waals surface area contributed by atoms with E-state index in [4.69, 9.17) is 0 Å². The maximum atomic E-state index is 11.8.